The van der Waals surface area contributed by atoms with Crippen LogP contribution < -0.4 is 0 Å². The van der Waals surface area contributed by atoms with E-state index in [1.807, 2.05) is 24.3 Å². The van der Waals surface area contributed by atoms with Gasteiger partial charge < -0.3 is 8.83 Å². The molecule has 0 saturated heterocycles. The van der Waals surface area contributed by atoms with Gasteiger partial charge in [0.1, 0.15) is 23.0 Å². The van der Waals surface area contributed by atoms with Crippen molar-refractivity contribution < 1.29 is 8.83 Å². The molecule has 0 aliphatic heterocycles. The van der Waals surface area contributed by atoms with Gasteiger partial charge in [-0.25, -0.2) is 0 Å². The highest BCUT2D eigenvalue weighted by molar-refractivity contribution is 5.41. The zero-order valence-electron chi connectivity index (χ0n) is 15.7. The average molecular weight is 346 g/mol. The van der Waals surface area contributed by atoms with Crippen molar-refractivity contribution in [3.05, 3.63) is 94.9 Å². The summed E-state index contributed by atoms with van der Waals surface area (Å²) in [7, 11) is 0. The second-order valence-electron chi connectivity index (χ2n) is 6.72. The van der Waals surface area contributed by atoms with Crippen molar-refractivity contribution in [2.75, 3.05) is 0 Å². The van der Waals surface area contributed by atoms with E-state index in [2.05, 4.69) is 39.1 Å². The Bertz CT molecular complexity index is 832. The predicted octanol–water partition coefficient (Wildman–Crippen LogP) is 6.35. The first kappa shape index (κ1) is 18.1. The van der Waals surface area contributed by atoms with Gasteiger partial charge in [-0.1, -0.05) is 25.3 Å². The molecule has 2 nitrogen and oxygen atoms in total. The van der Waals surface area contributed by atoms with Crippen LogP contribution in [0.5, 0.6) is 0 Å². The standard InChI is InChI=1S/C24H26O2/c1-5-21-11-13-23(25-21)9-7-19-15-18(4)20(16-17(19)3)8-10-24-14-12-22(6-2)26-24/h5-6,11-16H,1-2,7-10H2,3-4H3. The Morgan fingerprint density at radius 3 is 1.46 bits per heavy atom. The lowest BCUT2D eigenvalue weighted by atomic mass is 9.94. The number of aryl methyl sites for hydroxylation is 6. The molecule has 2 aromatic heterocycles. The summed E-state index contributed by atoms with van der Waals surface area (Å²) in [5.74, 6) is 3.69. The van der Waals surface area contributed by atoms with Crippen molar-refractivity contribution in [2.24, 2.45) is 0 Å². The molecule has 3 rings (SSSR count). The molecule has 0 bridgehead atoms. The normalized spacial score (nSPS) is 10.8. The monoisotopic (exact) mass is 346 g/mol. The van der Waals surface area contributed by atoms with E-state index in [-0.39, 0.29) is 0 Å². The van der Waals surface area contributed by atoms with Crippen LogP contribution >= 0.6 is 0 Å². The summed E-state index contributed by atoms with van der Waals surface area (Å²) in [6.45, 7) is 11.9. The third kappa shape index (κ3) is 4.26. The van der Waals surface area contributed by atoms with E-state index in [9.17, 15) is 0 Å². The van der Waals surface area contributed by atoms with Crippen LogP contribution in [0.4, 0.5) is 0 Å². The molecular formula is C24H26O2. The molecule has 0 radical (unpaired) electrons. The van der Waals surface area contributed by atoms with E-state index in [0.29, 0.717) is 0 Å². The fourth-order valence-corrected chi connectivity index (χ4v) is 3.27. The second-order valence-corrected chi connectivity index (χ2v) is 6.72. The zero-order valence-corrected chi connectivity index (χ0v) is 15.7. The SMILES string of the molecule is C=Cc1ccc(CCc2cc(C)c(CCc3ccc(C=C)o3)cc2C)o1. The van der Waals surface area contributed by atoms with Crippen LogP contribution in [0, 0.1) is 13.8 Å². The summed E-state index contributed by atoms with van der Waals surface area (Å²) in [4.78, 5) is 0. The van der Waals surface area contributed by atoms with Crippen LogP contribution in [0.2, 0.25) is 0 Å². The largest absolute Gasteiger partial charge is 0.462 e. The van der Waals surface area contributed by atoms with E-state index >= 15 is 0 Å². The summed E-state index contributed by atoms with van der Waals surface area (Å²) in [6, 6.07) is 12.6. The zero-order chi connectivity index (χ0) is 18.5. The minimum absolute atomic E-state index is 0.834. The Balaban J connectivity index is 1.65. The van der Waals surface area contributed by atoms with Crippen LogP contribution in [0.15, 0.2) is 58.4 Å². The molecule has 0 unspecified atom stereocenters. The van der Waals surface area contributed by atoms with Gasteiger partial charge in [-0.05, 0) is 85.4 Å². The maximum Gasteiger partial charge on any atom is 0.126 e. The van der Waals surface area contributed by atoms with Gasteiger partial charge in [-0.2, -0.15) is 0 Å². The Morgan fingerprint density at radius 1 is 0.692 bits per heavy atom. The van der Waals surface area contributed by atoms with Crippen molar-refractivity contribution in [2.45, 2.75) is 39.5 Å². The highest BCUT2D eigenvalue weighted by Gasteiger charge is 2.08. The van der Waals surface area contributed by atoms with Gasteiger partial charge in [0.15, 0.2) is 0 Å². The molecule has 2 heteroatoms. The lowest BCUT2D eigenvalue weighted by Gasteiger charge is -2.12. The quantitative estimate of drug-likeness (QED) is 0.475. The van der Waals surface area contributed by atoms with E-state index in [0.717, 1.165) is 48.7 Å². The molecule has 3 aromatic rings. The Labute approximate surface area is 155 Å². The van der Waals surface area contributed by atoms with Gasteiger partial charge in [0.2, 0.25) is 0 Å². The van der Waals surface area contributed by atoms with Crippen molar-refractivity contribution in [1.29, 1.82) is 0 Å². The van der Waals surface area contributed by atoms with Crippen LogP contribution in [-0.2, 0) is 25.7 Å². The Kier molecular flexibility index (Phi) is 5.62. The van der Waals surface area contributed by atoms with E-state index in [1.165, 1.54) is 22.3 Å². The Hall–Kier alpha value is -2.74. The molecule has 2 heterocycles. The minimum Gasteiger partial charge on any atom is -0.462 e. The molecule has 0 atom stereocenters. The second kappa shape index (κ2) is 8.09. The van der Waals surface area contributed by atoms with Crippen molar-refractivity contribution in [3.63, 3.8) is 0 Å². The average Bonchev–Trinajstić information content (AvgIpc) is 3.29. The molecule has 0 aliphatic carbocycles. The number of benzene rings is 1. The molecule has 0 N–H and O–H groups in total. The molecule has 0 aliphatic rings. The third-order valence-electron chi connectivity index (χ3n) is 4.84. The third-order valence-corrected chi connectivity index (χ3v) is 4.84. The minimum atomic E-state index is 0.834. The highest BCUT2D eigenvalue weighted by atomic mass is 16.3. The van der Waals surface area contributed by atoms with E-state index in [4.69, 9.17) is 8.83 Å². The summed E-state index contributed by atoms with van der Waals surface area (Å²) < 4.78 is 11.4. The molecular weight excluding hydrogens is 320 g/mol. The summed E-state index contributed by atoms with van der Waals surface area (Å²) in [6.07, 6.45) is 7.26. The molecule has 0 saturated carbocycles. The Morgan fingerprint density at radius 2 is 1.12 bits per heavy atom. The number of hydrogen-bond acceptors (Lipinski definition) is 2. The molecule has 26 heavy (non-hydrogen) atoms. The molecule has 1 aromatic carbocycles. The van der Waals surface area contributed by atoms with Crippen molar-refractivity contribution in [3.8, 4) is 0 Å². The summed E-state index contributed by atoms with van der Waals surface area (Å²) >= 11 is 0. The number of rotatable bonds is 8. The van der Waals surface area contributed by atoms with Gasteiger partial charge in [-0.15, -0.1) is 0 Å². The summed E-state index contributed by atoms with van der Waals surface area (Å²) in [5, 5.41) is 0. The van der Waals surface area contributed by atoms with Gasteiger partial charge >= 0.3 is 0 Å². The van der Waals surface area contributed by atoms with Crippen molar-refractivity contribution in [1.82, 2.24) is 0 Å². The maximum absolute atomic E-state index is 5.71. The molecule has 0 spiro atoms. The lowest BCUT2D eigenvalue weighted by molar-refractivity contribution is 0.499. The topological polar surface area (TPSA) is 26.3 Å². The van der Waals surface area contributed by atoms with Gasteiger partial charge in [0.05, 0.1) is 0 Å². The fraction of sp³-hybridized carbons (Fsp3) is 0.250. The smallest absolute Gasteiger partial charge is 0.126 e. The fourth-order valence-electron chi connectivity index (χ4n) is 3.27. The van der Waals surface area contributed by atoms with Gasteiger partial charge in [-0.3, -0.25) is 0 Å². The van der Waals surface area contributed by atoms with E-state index in [1.54, 1.807) is 12.2 Å². The lowest BCUT2D eigenvalue weighted by Crippen LogP contribution is -1.99. The van der Waals surface area contributed by atoms with Gasteiger partial charge in [0.25, 0.3) is 0 Å². The molecule has 0 amide bonds. The summed E-state index contributed by atoms with van der Waals surface area (Å²) in [5.41, 5.74) is 5.45. The van der Waals surface area contributed by atoms with Crippen molar-refractivity contribution >= 4 is 12.2 Å². The maximum atomic E-state index is 5.71. The first-order valence-electron chi connectivity index (χ1n) is 9.10. The van der Waals surface area contributed by atoms with Crippen LogP contribution in [0.25, 0.3) is 12.2 Å². The highest BCUT2D eigenvalue weighted by Crippen LogP contribution is 2.21. The predicted molar refractivity (Wildman–Crippen MR) is 108 cm³/mol. The first-order valence-corrected chi connectivity index (χ1v) is 9.10. The molecule has 134 valence electrons. The van der Waals surface area contributed by atoms with Crippen LogP contribution in [-0.4, -0.2) is 0 Å². The van der Waals surface area contributed by atoms with E-state index < -0.39 is 0 Å². The number of furan rings is 2. The number of hydrogen-bond donors (Lipinski definition) is 0. The van der Waals surface area contributed by atoms with Crippen LogP contribution in [0.1, 0.15) is 45.3 Å². The first-order chi connectivity index (χ1) is 12.6. The van der Waals surface area contributed by atoms with Gasteiger partial charge in [0, 0.05) is 12.8 Å². The molecule has 0 fully saturated rings. The van der Waals surface area contributed by atoms with Crippen LogP contribution in [0.3, 0.4) is 0 Å².